The molecule has 3 aromatic rings. The van der Waals surface area contributed by atoms with Crippen LogP contribution in [0.5, 0.6) is 0 Å². The molecule has 1 atom stereocenters. The molecule has 4 rings (SSSR count). The van der Waals surface area contributed by atoms with Crippen molar-refractivity contribution in [1.82, 2.24) is 19.9 Å². The summed E-state index contributed by atoms with van der Waals surface area (Å²) in [6, 6.07) is 11.0. The fourth-order valence-electron chi connectivity index (χ4n) is 3.65. The molecule has 0 spiro atoms. The highest BCUT2D eigenvalue weighted by Gasteiger charge is 2.23. The summed E-state index contributed by atoms with van der Waals surface area (Å²) in [6.07, 6.45) is 3.53. The molecular formula is C21H20F2N4O. The van der Waals surface area contributed by atoms with Gasteiger partial charge in [0, 0.05) is 31.3 Å². The minimum Gasteiger partial charge on any atom is -0.305 e. The van der Waals surface area contributed by atoms with Crippen LogP contribution in [0.3, 0.4) is 0 Å². The van der Waals surface area contributed by atoms with E-state index in [1.807, 2.05) is 12.1 Å². The largest absolute Gasteiger partial charge is 0.305 e. The van der Waals surface area contributed by atoms with Crippen molar-refractivity contribution in [2.45, 2.75) is 25.3 Å². The quantitative estimate of drug-likeness (QED) is 0.750. The molecule has 2 aromatic heterocycles. The average molecular weight is 382 g/mol. The summed E-state index contributed by atoms with van der Waals surface area (Å²) >= 11 is 0. The lowest BCUT2D eigenvalue weighted by molar-refractivity contribution is 0.198. The number of likely N-dealkylation sites (tertiary alicyclic amines) is 1. The van der Waals surface area contributed by atoms with Gasteiger partial charge in [0.25, 0.3) is 5.56 Å². The van der Waals surface area contributed by atoms with Gasteiger partial charge in [-0.25, -0.2) is 13.8 Å². The van der Waals surface area contributed by atoms with Crippen LogP contribution in [0.15, 0.2) is 53.5 Å². The van der Waals surface area contributed by atoms with E-state index in [2.05, 4.69) is 19.9 Å². The van der Waals surface area contributed by atoms with E-state index in [0.29, 0.717) is 24.6 Å². The number of pyridine rings is 1. The van der Waals surface area contributed by atoms with Crippen molar-refractivity contribution in [2.75, 3.05) is 13.1 Å². The number of nitrogens with one attached hydrogen (secondary N) is 1. The molecule has 0 radical (unpaired) electrons. The second kappa shape index (κ2) is 7.98. The number of halogens is 2. The molecule has 0 bridgehead atoms. The van der Waals surface area contributed by atoms with Crippen LogP contribution in [0, 0.1) is 11.6 Å². The van der Waals surface area contributed by atoms with Crippen molar-refractivity contribution < 1.29 is 8.78 Å². The fourth-order valence-corrected chi connectivity index (χ4v) is 3.65. The Balaban J connectivity index is 1.53. The topological polar surface area (TPSA) is 61.9 Å². The van der Waals surface area contributed by atoms with Crippen LogP contribution in [0.25, 0.3) is 11.5 Å². The molecule has 1 N–H and O–H groups in total. The Labute approximate surface area is 161 Å². The van der Waals surface area contributed by atoms with Crippen molar-refractivity contribution in [3.63, 3.8) is 0 Å². The van der Waals surface area contributed by atoms with Crippen molar-refractivity contribution in [1.29, 1.82) is 0 Å². The van der Waals surface area contributed by atoms with Gasteiger partial charge in [0.15, 0.2) is 17.5 Å². The second-order valence-corrected chi connectivity index (χ2v) is 7.06. The third-order valence-electron chi connectivity index (χ3n) is 4.98. The molecule has 0 saturated carbocycles. The first kappa shape index (κ1) is 18.4. The second-order valence-electron chi connectivity index (χ2n) is 7.06. The number of nitrogens with zero attached hydrogens (tertiary/aromatic N) is 3. The third kappa shape index (κ3) is 4.14. The van der Waals surface area contributed by atoms with E-state index in [4.69, 9.17) is 0 Å². The van der Waals surface area contributed by atoms with Crippen LogP contribution < -0.4 is 5.56 Å². The normalized spacial score (nSPS) is 17.6. The van der Waals surface area contributed by atoms with Crippen LogP contribution in [0.4, 0.5) is 8.78 Å². The highest BCUT2D eigenvalue weighted by molar-refractivity contribution is 5.48. The Bertz CT molecular complexity index is 1020. The summed E-state index contributed by atoms with van der Waals surface area (Å²) in [7, 11) is 0. The Morgan fingerprint density at radius 2 is 2.04 bits per heavy atom. The molecule has 1 saturated heterocycles. The Hall–Kier alpha value is -2.93. The number of hydrogen-bond acceptors (Lipinski definition) is 4. The van der Waals surface area contributed by atoms with E-state index in [1.165, 1.54) is 12.1 Å². The number of benzene rings is 1. The molecule has 3 heterocycles. The molecule has 0 amide bonds. The number of hydrogen-bond donors (Lipinski definition) is 1. The van der Waals surface area contributed by atoms with Crippen molar-refractivity contribution in [3.05, 3.63) is 81.9 Å². The number of H-pyrrole nitrogens is 1. The molecular weight excluding hydrogens is 362 g/mol. The lowest BCUT2D eigenvalue weighted by Gasteiger charge is -2.32. The van der Waals surface area contributed by atoms with Crippen LogP contribution >= 0.6 is 0 Å². The Morgan fingerprint density at radius 3 is 2.82 bits per heavy atom. The first-order valence-electron chi connectivity index (χ1n) is 9.27. The van der Waals surface area contributed by atoms with Crippen LogP contribution in [-0.4, -0.2) is 32.9 Å². The highest BCUT2D eigenvalue weighted by Crippen LogP contribution is 2.27. The zero-order valence-corrected chi connectivity index (χ0v) is 15.2. The number of aromatic nitrogens is 3. The van der Waals surface area contributed by atoms with Crippen molar-refractivity contribution in [3.8, 4) is 11.5 Å². The van der Waals surface area contributed by atoms with Gasteiger partial charge in [-0.2, -0.15) is 0 Å². The summed E-state index contributed by atoms with van der Waals surface area (Å²) in [5.74, 6) is -1.11. The van der Waals surface area contributed by atoms with Crippen LogP contribution in [0.1, 0.15) is 30.0 Å². The van der Waals surface area contributed by atoms with Crippen molar-refractivity contribution in [2.24, 2.45) is 0 Å². The monoisotopic (exact) mass is 382 g/mol. The number of aromatic amines is 1. The first-order valence-corrected chi connectivity index (χ1v) is 9.27. The maximum atomic E-state index is 13.5. The molecule has 5 nitrogen and oxygen atoms in total. The lowest BCUT2D eigenvalue weighted by Crippen LogP contribution is -2.34. The van der Waals surface area contributed by atoms with Gasteiger partial charge in [0.1, 0.15) is 5.69 Å². The summed E-state index contributed by atoms with van der Waals surface area (Å²) < 4.78 is 26.6. The maximum Gasteiger partial charge on any atom is 0.251 e. The third-order valence-corrected chi connectivity index (χ3v) is 4.98. The SMILES string of the molecule is O=c1cc([C@H]2CCCN(Cc3ccc(F)c(F)c3)C2)nc(-c2ccccn2)[nH]1. The molecule has 28 heavy (non-hydrogen) atoms. The first-order chi connectivity index (χ1) is 13.6. The maximum absolute atomic E-state index is 13.5. The van der Waals surface area contributed by atoms with E-state index < -0.39 is 11.6 Å². The predicted octanol–water partition coefficient (Wildman–Crippen LogP) is 3.49. The average Bonchev–Trinajstić information content (AvgIpc) is 2.71. The number of piperidine rings is 1. The molecule has 0 aliphatic carbocycles. The minimum absolute atomic E-state index is 0.101. The van der Waals surface area contributed by atoms with Gasteiger partial charge >= 0.3 is 0 Å². The fraction of sp³-hybridized carbons (Fsp3) is 0.286. The summed E-state index contributed by atoms with van der Waals surface area (Å²) in [5, 5.41) is 0. The summed E-state index contributed by atoms with van der Waals surface area (Å²) in [4.78, 5) is 26.0. The van der Waals surface area contributed by atoms with E-state index in [1.54, 1.807) is 18.3 Å². The van der Waals surface area contributed by atoms with Crippen molar-refractivity contribution >= 4 is 0 Å². The van der Waals surface area contributed by atoms with E-state index >= 15 is 0 Å². The van der Waals surface area contributed by atoms with Gasteiger partial charge in [-0.1, -0.05) is 12.1 Å². The van der Waals surface area contributed by atoms with E-state index in [0.717, 1.165) is 36.7 Å². The zero-order chi connectivity index (χ0) is 19.5. The van der Waals surface area contributed by atoms with Gasteiger partial charge in [-0.15, -0.1) is 0 Å². The predicted molar refractivity (Wildman–Crippen MR) is 102 cm³/mol. The molecule has 144 valence electrons. The van der Waals surface area contributed by atoms with Gasteiger partial charge in [0.05, 0.1) is 5.69 Å². The minimum atomic E-state index is -0.838. The molecule has 0 unspecified atom stereocenters. The Kier molecular flexibility index (Phi) is 5.25. The summed E-state index contributed by atoms with van der Waals surface area (Å²) in [5.41, 5.74) is 1.88. The molecule has 1 fully saturated rings. The molecule has 1 aliphatic rings. The zero-order valence-electron chi connectivity index (χ0n) is 15.2. The van der Waals surface area contributed by atoms with Crippen LogP contribution in [-0.2, 0) is 6.54 Å². The van der Waals surface area contributed by atoms with Gasteiger partial charge in [0.2, 0.25) is 0 Å². The standard InChI is InChI=1S/C21H20F2N4O/c22-16-7-6-14(10-17(16)23)12-27-9-3-4-15(13-27)19-11-20(28)26-21(25-19)18-5-1-2-8-24-18/h1-2,5-8,10-11,15H,3-4,9,12-13H2,(H,25,26,28)/t15-/m0/s1. The number of rotatable bonds is 4. The smallest absolute Gasteiger partial charge is 0.251 e. The molecule has 1 aromatic carbocycles. The molecule has 1 aliphatic heterocycles. The molecule has 7 heteroatoms. The lowest BCUT2D eigenvalue weighted by atomic mass is 9.94. The van der Waals surface area contributed by atoms with Gasteiger partial charge < -0.3 is 4.98 Å². The van der Waals surface area contributed by atoms with Gasteiger partial charge in [-0.3, -0.25) is 14.7 Å². The van der Waals surface area contributed by atoms with E-state index in [-0.39, 0.29) is 11.5 Å². The van der Waals surface area contributed by atoms with E-state index in [9.17, 15) is 13.6 Å². The highest BCUT2D eigenvalue weighted by atomic mass is 19.2. The summed E-state index contributed by atoms with van der Waals surface area (Å²) in [6.45, 7) is 2.10. The van der Waals surface area contributed by atoms with Gasteiger partial charge in [-0.05, 0) is 49.2 Å². The van der Waals surface area contributed by atoms with Crippen LogP contribution in [0.2, 0.25) is 0 Å². The Morgan fingerprint density at radius 1 is 1.14 bits per heavy atom.